The highest BCUT2D eigenvalue weighted by atomic mass is 32.1. The molecule has 1 atom stereocenters. The van der Waals surface area contributed by atoms with Crippen LogP contribution < -0.4 is 5.32 Å². The maximum absolute atomic E-state index is 11.4. The van der Waals surface area contributed by atoms with Crippen LogP contribution in [0.15, 0.2) is 0 Å². The van der Waals surface area contributed by atoms with Crippen molar-refractivity contribution in [2.45, 2.75) is 32.4 Å². The van der Waals surface area contributed by atoms with E-state index >= 15 is 0 Å². The van der Waals surface area contributed by atoms with Crippen molar-refractivity contribution in [3.8, 4) is 0 Å². The number of carbonyl (C=O) groups excluding carboxylic acids is 2. The standard InChI is InChI=1S/C9H17NO3S/c1-9(2,3)13-8(12)7(6-14)10-4-5-11/h5,7,10,14H,4,6H2,1-3H3/t7-/m0/s1. The Kier molecular flexibility index (Phi) is 5.79. The van der Waals surface area contributed by atoms with Gasteiger partial charge in [0, 0.05) is 5.75 Å². The van der Waals surface area contributed by atoms with E-state index in [1.54, 1.807) is 20.8 Å². The number of carbonyl (C=O) groups is 2. The summed E-state index contributed by atoms with van der Waals surface area (Å²) in [5, 5.41) is 2.72. The Bertz CT molecular complexity index is 201. The first-order valence-corrected chi connectivity index (χ1v) is 5.04. The number of nitrogens with one attached hydrogen (secondary N) is 1. The Labute approximate surface area is 89.8 Å². The molecule has 0 amide bonds. The number of thiol groups is 1. The quantitative estimate of drug-likeness (QED) is 0.399. The molecule has 0 aliphatic carbocycles. The summed E-state index contributed by atoms with van der Waals surface area (Å²) < 4.78 is 5.12. The molecule has 0 radical (unpaired) electrons. The molecule has 14 heavy (non-hydrogen) atoms. The van der Waals surface area contributed by atoms with E-state index in [2.05, 4.69) is 17.9 Å². The van der Waals surface area contributed by atoms with E-state index in [1.165, 1.54) is 0 Å². The number of hydrogen-bond donors (Lipinski definition) is 2. The van der Waals surface area contributed by atoms with Crippen molar-refractivity contribution in [1.82, 2.24) is 5.32 Å². The zero-order valence-corrected chi connectivity index (χ0v) is 9.64. The minimum atomic E-state index is -0.525. The van der Waals surface area contributed by atoms with Crippen molar-refractivity contribution < 1.29 is 14.3 Å². The van der Waals surface area contributed by atoms with E-state index in [-0.39, 0.29) is 12.5 Å². The molecule has 0 aromatic heterocycles. The second-order valence-corrected chi connectivity index (χ2v) is 4.21. The minimum absolute atomic E-state index is 0.129. The van der Waals surface area contributed by atoms with Crippen molar-refractivity contribution in [3.05, 3.63) is 0 Å². The zero-order valence-electron chi connectivity index (χ0n) is 8.74. The molecule has 0 heterocycles. The number of rotatable bonds is 5. The average molecular weight is 219 g/mol. The minimum Gasteiger partial charge on any atom is -0.459 e. The SMILES string of the molecule is CC(C)(C)OC(=O)[C@H](CS)NCC=O. The van der Waals surface area contributed by atoms with Gasteiger partial charge in [-0.1, -0.05) is 0 Å². The van der Waals surface area contributed by atoms with Crippen LogP contribution in [-0.2, 0) is 14.3 Å². The molecule has 0 rings (SSSR count). The lowest BCUT2D eigenvalue weighted by molar-refractivity contribution is -0.156. The van der Waals surface area contributed by atoms with E-state index in [1.807, 2.05) is 0 Å². The van der Waals surface area contributed by atoms with Gasteiger partial charge in [0.1, 0.15) is 17.9 Å². The predicted octanol–water partition coefficient (Wildman–Crippen LogP) is 0.415. The van der Waals surface area contributed by atoms with Gasteiger partial charge in [0.15, 0.2) is 0 Å². The van der Waals surface area contributed by atoms with Gasteiger partial charge in [-0.2, -0.15) is 12.6 Å². The Hall–Kier alpha value is -0.550. The van der Waals surface area contributed by atoms with Gasteiger partial charge in [0.05, 0.1) is 6.54 Å². The van der Waals surface area contributed by atoms with Crippen LogP contribution in [0.2, 0.25) is 0 Å². The van der Waals surface area contributed by atoms with Crippen LogP contribution in [-0.4, -0.2) is 36.2 Å². The number of aldehydes is 1. The summed E-state index contributed by atoms with van der Waals surface area (Å²) in [5.41, 5.74) is -0.513. The zero-order chi connectivity index (χ0) is 11.2. The number of ether oxygens (including phenoxy) is 1. The second kappa shape index (κ2) is 6.03. The van der Waals surface area contributed by atoms with Gasteiger partial charge in [-0.25, -0.2) is 0 Å². The fraction of sp³-hybridized carbons (Fsp3) is 0.778. The van der Waals surface area contributed by atoms with Crippen LogP contribution in [0.3, 0.4) is 0 Å². The molecule has 0 aliphatic heterocycles. The predicted molar refractivity (Wildman–Crippen MR) is 57.6 cm³/mol. The van der Waals surface area contributed by atoms with E-state index in [0.717, 1.165) is 0 Å². The Morgan fingerprint density at radius 2 is 2.14 bits per heavy atom. The summed E-state index contributed by atoms with van der Waals surface area (Å²) in [5.74, 6) is -0.0719. The normalized spacial score (nSPS) is 13.4. The molecule has 5 heteroatoms. The molecule has 0 saturated heterocycles. The summed E-state index contributed by atoms with van der Waals surface area (Å²) in [4.78, 5) is 21.5. The monoisotopic (exact) mass is 219 g/mol. The Morgan fingerprint density at radius 3 is 2.50 bits per heavy atom. The first-order chi connectivity index (χ1) is 6.40. The summed E-state index contributed by atoms with van der Waals surface area (Å²) in [6.07, 6.45) is 0.695. The highest BCUT2D eigenvalue weighted by Gasteiger charge is 2.23. The molecule has 0 aliphatic rings. The highest BCUT2D eigenvalue weighted by Crippen LogP contribution is 2.08. The fourth-order valence-corrected chi connectivity index (χ4v) is 1.06. The van der Waals surface area contributed by atoms with Crippen LogP contribution in [0.25, 0.3) is 0 Å². The van der Waals surface area contributed by atoms with Crippen molar-refractivity contribution in [3.63, 3.8) is 0 Å². The molecule has 0 spiro atoms. The van der Waals surface area contributed by atoms with Gasteiger partial charge in [-0.3, -0.25) is 10.1 Å². The summed E-state index contributed by atoms with van der Waals surface area (Å²) in [6, 6.07) is -0.525. The largest absolute Gasteiger partial charge is 0.459 e. The first-order valence-electron chi connectivity index (χ1n) is 4.41. The maximum atomic E-state index is 11.4. The molecule has 0 aromatic carbocycles. The molecule has 0 saturated carbocycles. The Balaban J connectivity index is 4.10. The van der Waals surface area contributed by atoms with E-state index in [9.17, 15) is 9.59 Å². The molecular formula is C9H17NO3S. The van der Waals surface area contributed by atoms with Crippen molar-refractivity contribution in [2.75, 3.05) is 12.3 Å². The third-order valence-electron chi connectivity index (χ3n) is 1.32. The third-order valence-corrected chi connectivity index (χ3v) is 1.69. The number of esters is 1. The lowest BCUT2D eigenvalue weighted by Gasteiger charge is -2.23. The fourth-order valence-electron chi connectivity index (χ4n) is 0.786. The van der Waals surface area contributed by atoms with Gasteiger partial charge in [0.25, 0.3) is 0 Å². The molecule has 4 nitrogen and oxygen atoms in total. The van der Waals surface area contributed by atoms with Crippen LogP contribution in [0.4, 0.5) is 0 Å². The highest BCUT2D eigenvalue weighted by molar-refractivity contribution is 7.80. The van der Waals surface area contributed by atoms with Crippen molar-refractivity contribution >= 4 is 24.9 Å². The first kappa shape index (κ1) is 13.4. The molecule has 0 aromatic rings. The van der Waals surface area contributed by atoms with Crippen LogP contribution >= 0.6 is 12.6 Å². The lowest BCUT2D eigenvalue weighted by Crippen LogP contribution is -2.43. The molecule has 0 unspecified atom stereocenters. The van der Waals surface area contributed by atoms with Crippen LogP contribution in [0, 0.1) is 0 Å². The Morgan fingerprint density at radius 1 is 1.57 bits per heavy atom. The van der Waals surface area contributed by atoms with Crippen molar-refractivity contribution in [1.29, 1.82) is 0 Å². The lowest BCUT2D eigenvalue weighted by atomic mass is 10.2. The molecular weight excluding hydrogens is 202 g/mol. The summed E-state index contributed by atoms with van der Waals surface area (Å²) in [7, 11) is 0. The smallest absolute Gasteiger partial charge is 0.324 e. The second-order valence-electron chi connectivity index (χ2n) is 3.84. The van der Waals surface area contributed by atoms with Gasteiger partial charge in [0.2, 0.25) is 0 Å². The molecule has 0 fully saturated rings. The van der Waals surface area contributed by atoms with Crippen LogP contribution in [0.1, 0.15) is 20.8 Å². The van der Waals surface area contributed by atoms with E-state index < -0.39 is 11.6 Å². The molecule has 82 valence electrons. The van der Waals surface area contributed by atoms with Crippen molar-refractivity contribution in [2.24, 2.45) is 0 Å². The van der Waals surface area contributed by atoms with Gasteiger partial charge >= 0.3 is 5.97 Å². The van der Waals surface area contributed by atoms with E-state index in [0.29, 0.717) is 12.0 Å². The maximum Gasteiger partial charge on any atom is 0.324 e. The van der Waals surface area contributed by atoms with Gasteiger partial charge in [-0.15, -0.1) is 0 Å². The average Bonchev–Trinajstić information content (AvgIpc) is 2.02. The topological polar surface area (TPSA) is 55.4 Å². The van der Waals surface area contributed by atoms with Gasteiger partial charge in [-0.05, 0) is 20.8 Å². The number of hydrogen-bond acceptors (Lipinski definition) is 5. The summed E-state index contributed by atoms with van der Waals surface area (Å²) in [6.45, 7) is 5.51. The van der Waals surface area contributed by atoms with Crippen LogP contribution in [0.5, 0.6) is 0 Å². The van der Waals surface area contributed by atoms with Gasteiger partial charge < -0.3 is 9.53 Å². The molecule has 0 bridgehead atoms. The van der Waals surface area contributed by atoms with E-state index in [4.69, 9.17) is 4.74 Å². The third kappa shape index (κ3) is 5.99. The molecule has 1 N–H and O–H groups in total. The summed E-state index contributed by atoms with van der Waals surface area (Å²) >= 11 is 4.00.